The highest BCUT2D eigenvalue weighted by molar-refractivity contribution is 6.00. The molecule has 3 N–H and O–H groups in total. The minimum atomic E-state index is -0.292. The van der Waals surface area contributed by atoms with Gasteiger partial charge in [-0.05, 0) is 67.8 Å². The van der Waals surface area contributed by atoms with Crippen molar-refractivity contribution in [3.8, 4) is 33.9 Å². The van der Waals surface area contributed by atoms with Crippen LogP contribution in [0.1, 0.15) is 37.7 Å². The summed E-state index contributed by atoms with van der Waals surface area (Å²) in [5.41, 5.74) is 7.64. The molecule has 6 aromatic rings. The normalized spacial score (nSPS) is 14.1. The van der Waals surface area contributed by atoms with Crippen LogP contribution in [-0.4, -0.2) is 36.0 Å². The van der Waals surface area contributed by atoms with Crippen molar-refractivity contribution >= 4 is 33.4 Å². The fraction of sp³-hybridized carbons (Fsp3) is 0.219. The van der Waals surface area contributed by atoms with Crippen molar-refractivity contribution < 1.29 is 9.18 Å². The Kier molecular flexibility index (Phi) is 6.26. The Morgan fingerprint density at radius 1 is 0.902 bits per heavy atom. The summed E-state index contributed by atoms with van der Waals surface area (Å²) in [4.78, 5) is 29.8. The molecule has 0 unspecified atom stereocenters. The highest BCUT2D eigenvalue weighted by Gasteiger charge is 2.21. The summed E-state index contributed by atoms with van der Waals surface area (Å²) in [5.74, 6) is -0.169. The molecular formula is C32H28FN7O. The van der Waals surface area contributed by atoms with E-state index < -0.39 is 0 Å². The third kappa shape index (κ3) is 4.84. The standard InChI is InChI=1S/C32H28FN7O/c1-18-9-20(11-22(33)10-18)30-24-14-28(38-26(24)7-8-35-30)31-25-13-27(36-17-29(25)39-40-31)21-12-23(16-34-15-21)37-32(41)19-5-3-2-4-6-19/h7-17,19,38H,2-6H2,1H3,(H,37,41)(H,39,40). The van der Waals surface area contributed by atoms with Crippen LogP contribution in [0.15, 0.2) is 67.3 Å². The van der Waals surface area contributed by atoms with Crippen molar-refractivity contribution in [2.24, 2.45) is 5.92 Å². The topological polar surface area (TPSA) is 112 Å². The van der Waals surface area contributed by atoms with E-state index in [1.807, 2.05) is 37.3 Å². The average molecular weight is 546 g/mol. The minimum Gasteiger partial charge on any atom is -0.353 e. The summed E-state index contributed by atoms with van der Waals surface area (Å²) < 4.78 is 14.2. The van der Waals surface area contributed by atoms with Crippen LogP contribution in [0.25, 0.3) is 55.7 Å². The number of aryl methyl sites for hydroxylation is 1. The first kappa shape index (κ1) is 25.1. The Balaban J connectivity index is 1.23. The van der Waals surface area contributed by atoms with Crippen LogP contribution >= 0.6 is 0 Å². The summed E-state index contributed by atoms with van der Waals surface area (Å²) in [7, 11) is 0. The highest BCUT2D eigenvalue weighted by atomic mass is 19.1. The Morgan fingerprint density at radius 3 is 2.61 bits per heavy atom. The number of nitrogens with one attached hydrogen (secondary N) is 3. The molecule has 1 aromatic carbocycles. The summed E-state index contributed by atoms with van der Waals surface area (Å²) in [6, 6.07) is 12.7. The Labute approximate surface area is 235 Å². The number of benzene rings is 1. The Hall–Kier alpha value is -4.92. The maximum absolute atomic E-state index is 14.2. The van der Waals surface area contributed by atoms with Gasteiger partial charge in [-0.2, -0.15) is 5.10 Å². The largest absolute Gasteiger partial charge is 0.353 e. The van der Waals surface area contributed by atoms with Crippen molar-refractivity contribution in [3.05, 3.63) is 78.6 Å². The van der Waals surface area contributed by atoms with Gasteiger partial charge in [0.05, 0.1) is 40.7 Å². The molecule has 1 amide bonds. The molecule has 0 aliphatic heterocycles. The van der Waals surface area contributed by atoms with Gasteiger partial charge in [0, 0.05) is 45.7 Å². The van der Waals surface area contributed by atoms with Gasteiger partial charge in [-0.25, -0.2) is 4.39 Å². The van der Waals surface area contributed by atoms with E-state index in [9.17, 15) is 9.18 Å². The number of hydrogen-bond acceptors (Lipinski definition) is 5. The van der Waals surface area contributed by atoms with Gasteiger partial charge < -0.3 is 10.3 Å². The molecule has 5 aromatic heterocycles. The monoisotopic (exact) mass is 545 g/mol. The lowest BCUT2D eigenvalue weighted by atomic mass is 9.88. The van der Waals surface area contributed by atoms with Crippen LogP contribution in [0.5, 0.6) is 0 Å². The summed E-state index contributed by atoms with van der Waals surface area (Å²) >= 11 is 0. The van der Waals surface area contributed by atoms with Gasteiger partial charge in [-0.1, -0.05) is 19.3 Å². The molecule has 1 fully saturated rings. The first-order chi connectivity index (χ1) is 20.0. The van der Waals surface area contributed by atoms with Crippen molar-refractivity contribution in [3.63, 3.8) is 0 Å². The number of fused-ring (bicyclic) bond motifs is 2. The molecule has 7 rings (SSSR count). The number of nitrogens with zero attached hydrogens (tertiary/aromatic N) is 4. The number of rotatable bonds is 5. The summed E-state index contributed by atoms with van der Waals surface area (Å²) in [6.45, 7) is 1.87. The van der Waals surface area contributed by atoms with Crippen molar-refractivity contribution in [2.75, 3.05) is 5.32 Å². The number of aromatic nitrogens is 6. The van der Waals surface area contributed by atoms with Gasteiger partial charge >= 0.3 is 0 Å². The summed E-state index contributed by atoms with van der Waals surface area (Å²) in [6.07, 6.45) is 12.2. The number of aromatic amines is 2. The van der Waals surface area contributed by atoms with Crippen LogP contribution in [0.2, 0.25) is 0 Å². The maximum atomic E-state index is 14.2. The molecular weight excluding hydrogens is 517 g/mol. The van der Waals surface area contributed by atoms with E-state index >= 15 is 0 Å². The molecule has 204 valence electrons. The molecule has 9 heteroatoms. The van der Waals surface area contributed by atoms with Gasteiger partial charge in [0.25, 0.3) is 0 Å². The van der Waals surface area contributed by atoms with Crippen molar-refractivity contribution in [1.29, 1.82) is 0 Å². The number of carbonyl (C=O) groups excluding carboxylic acids is 1. The predicted octanol–water partition coefficient (Wildman–Crippen LogP) is 7.20. The van der Waals surface area contributed by atoms with Crippen LogP contribution < -0.4 is 5.32 Å². The third-order valence-electron chi connectivity index (χ3n) is 7.84. The lowest BCUT2D eigenvalue weighted by Gasteiger charge is -2.20. The maximum Gasteiger partial charge on any atom is 0.227 e. The van der Waals surface area contributed by atoms with Gasteiger partial charge in [-0.3, -0.25) is 24.8 Å². The van der Waals surface area contributed by atoms with E-state index in [0.717, 1.165) is 81.3 Å². The molecule has 1 aliphatic carbocycles. The SMILES string of the molecule is Cc1cc(F)cc(-c2nccc3[nH]c(-c4n[nH]c5cnc(-c6cncc(NC(=O)C7CCCCC7)c6)cc45)cc23)c1. The zero-order chi connectivity index (χ0) is 27.9. The molecule has 0 saturated heterocycles. The quantitative estimate of drug-likeness (QED) is 0.212. The van der Waals surface area contributed by atoms with Crippen LogP contribution in [0.3, 0.4) is 0 Å². The fourth-order valence-corrected chi connectivity index (χ4v) is 5.82. The molecule has 1 aliphatic rings. The van der Waals surface area contributed by atoms with Gasteiger partial charge in [0.1, 0.15) is 11.5 Å². The van der Waals surface area contributed by atoms with Gasteiger partial charge in [-0.15, -0.1) is 0 Å². The summed E-state index contributed by atoms with van der Waals surface area (Å²) in [5, 5.41) is 12.5. The molecule has 1 saturated carbocycles. The molecule has 5 heterocycles. The Bertz CT molecular complexity index is 1900. The zero-order valence-corrected chi connectivity index (χ0v) is 22.5. The lowest BCUT2D eigenvalue weighted by Crippen LogP contribution is -2.24. The van der Waals surface area contributed by atoms with Crippen molar-refractivity contribution in [2.45, 2.75) is 39.0 Å². The smallest absolute Gasteiger partial charge is 0.227 e. The van der Waals surface area contributed by atoms with Crippen LogP contribution in [-0.2, 0) is 4.79 Å². The lowest BCUT2D eigenvalue weighted by molar-refractivity contribution is -0.120. The number of anilines is 1. The van der Waals surface area contributed by atoms with Gasteiger partial charge in [0.2, 0.25) is 5.91 Å². The molecule has 8 nitrogen and oxygen atoms in total. The number of halogens is 1. The predicted molar refractivity (Wildman–Crippen MR) is 158 cm³/mol. The van der Waals surface area contributed by atoms with E-state index in [2.05, 4.69) is 35.5 Å². The van der Waals surface area contributed by atoms with E-state index in [-0.39, 0.29) is 17.6 Å². The second kappa shape index (κ2) is 10.2. The number of pyridine rings is 3. The fourth-order valence-electron chi connectivity index (χ4n) is 5.82. The molecule has 0 spiro atoms. The molecule has 41 heavy (non-hydrogen) atoms. The minimum absolute atomic E-state index is 0.0604. The number of H-pyrrole nitrogens is 2. The van der Waals surface area contributed by atoms with E-state index in [1.54, 1.807) is 24.8 Å². The Morgan fingerprint density at radius 2 is 1.76 bits per heavy atom. The van der Waals surface area contributed by atoms with Crippen LogP contribution in [0.4, 0.5) is 10.1 Å². The van der Waals surface area contributed by atoms with E-state index in [4.69, 9.17) is 0 Å². The zero-order valence-electron chi connectivity index (χ0n) is 22.5. The molecule has 0 atom stereocenters. The van der Waals surface area contributed by atoms with Crippen molar-refractivity contribution in [1.82, 2.24) is 30.1 Å². The average Bonchev–Trinajstić information content (AvgIpc) is 3.61. The van der Waals surface area contributed by atoms with Gasteiger partial charge in [0.15, 0.2) is 0 Å². The molecule has 0 bridgehead atoms. The first-order valence-corrected chi connectivity index (χ1v) is 13.9. The van der Waals surface area contributed by atoms with E-state index in [1.165, 1.54) is 18.6 Å². The number of amides is 1. The first-order valence-electron chi connectivity index (χ1n) is 13.9. The second-order valence-electron chi connectivity index (χ2n) is 10.8. The number of carbonyl (C=O) groups is 1. The highest BCUT2D eigenvalue weighted by Crippen LogP contribution is 2.34. The molecule has 0 radical (unpaired) electrons. The number of hydrogen-bond donors (Lipinski definition) is 3. The van der Waals surface area contributed by atoms with E-state index in [0.29, 0.717) is 11.4 Å². The van der Waals surface area contributed by atoms with Crippen LogP contribution in [0, 0.1) is 18.7 Å². The second-order valence-corrected chi connectivity index (χ2v) is 10.8. The third-order valence-corrected chi connectivity index (χ3v) is 7.84.